The Hall–Kier alpha value is -2.11. The van der Waals surface area contributed by atoms with E-state index in [0.29, 0.717) is 19.6 Å². The number of nitrogens with zero attached hydrogens (tertiary/aromatic N) is 1. The normalized spacial score (nSPS) is 9.76. The standard InChI is InChI=1S/C15H16N2O3.ClH/c16-9-8-12-6-7-15(14(10-12)17(18)19)20-11-13-4-2-1-3-5-13;/h1-7,10H,8-9,11,16H2;1H. The molecule has 0 unspecified atom stereocenters. The minimum atomic E-state index is -0.430. The average Bonchev–Trinajstić information content (AvgIpc) is 2.47. The zero-order valence-corrected chi connectivity index (χ0v) is 12.2. The van der Waals surface area contributed by atoms with Gasteiger partial charge in [0.2, 0.25) is 0 Å². The summed E-state index contributed by atoms with van der Waals surface area (Å²) in [6.45, 7) is 0.763. The van der Waals surface area contributed by atoms with Gasteiger partial charge in [-0.15, -0.1) is 12.4 Å². The molecule has 0 atom stereocenters. The second-order valence-corrected chi connectivity index (χ2v) is 4.37. The molecule has 0 saturated carbocycles. The summed E-state index contributed by atoms with van der Waals surface area (Å²) in [5.41, 5.74) is 7.24. The van der Waals surface area contributed by atoms with E-state index in [2.05, 4.69) is 0 Å². The van der Waals surface area contributed by atoms with Crippen molar-refractivity contribution in [2.45, 2.75) is 13.0 Å². The number of rotatable bonds is 6. The molecule has 5 nitrogen and oxygen atoms in total. The molecule has 0 heterocycles. The van der Waals surface area contributed by atoms with E-state index >= 15 is 0 Å². The van der Waals surface area contributed by atoms with Gasteiger partial charge in [-0.25, -0.2) is 0 Å². The van der Waals surface area contributed by atoms with Gasteiger partial charge in [0.05, 0.1) is 4.92 Å². The molecule has 21 heavy (non-hydrogen) atoms. The molecule has 0 fully saturated rings. The van der Waals surface area contributed by atoms with Gasteiger partial charge in [0.25, 0.3) is 0 Å². The van der Waals surface area contributed by atoms with Crippen LogP contribution in [0.2, 0.25) is 0 Å². The third kappa shape index (κ3) is 4.73. The highest BCUT2D eigenvalue weighted by molar-refractivity contribution is 5.85. The first-order chi connectivity index (χ1) is 9.70. The quantitative estimate of drug-likeness (QED) is 0.657. The molecule has 2 N–H and O–H groups in total. The van der Waals surface area contributed by atoms with Crippen LogP contribution in [0.1, 0.15) is 11.1 Å². The molecule has 0 aromatic heterocycles. The number of hydrogen-bond donors (Lipinski definition) is 1. The highest BCUT2D eigenvalue weighted by atomic mass is 35.5. The predicted octanol–water partition coefficient (Wildman–Crippen LogP) is 3.10. The Kier molecular flexibility index (Phi) is 6.65. The largest absolute Gasteiger partial charge is 0.482 e. The van der Waals surface area contributed by atoms with Crippen LogP contribution in [0.25, 0.3) is 0 Å². The van der Waals surface area contributed by atoms with Gasteiger partial charge in [-0.05, 0) is 30.2 Å². The molecule has 2 aromatic carbocycles. The Balaban J connectivity index is 0.00000220. The van der Waals surface area contributed by atoms with Crippen LogP contribution in [0.15, 0.2) is 48.5 Å². The molecule has 112 valence electrons. The van der Waals surface area contributed by atoms with Gasteiger partial charge in [0.15, 0.2) is 5.75 Å². The van der Waals surface area contributed by atoms with E-state index in [4.69, 9.17) is 10.5 Å². The molecule has 0 saturated heterocycles. The Morgan fingerprint density at radius 2 is 1.81 bits per heavy atom. The summed E-state index contributed by atoms with van der Waals surface area (Å²) in [5, 5.41) is 11.1. The minimum absolute atomic E-state index is 0. The van der Waals surface area contributed by atoms with Crippen LogP contribution < -0.4 is 10.5 Å². The smallest absolute Gasteiger partial charge is 0.311 e. The zero-order valence-electron chi connectivity index (χ0n) is 11.4. The first kappa shape index (κ1) is 16.9. The fourth-order valence-corrected chi connectivity index (χ4v) is 1.89. The second-order valence-electron chi connectivity index (χ2n) is 4.37. The summed E-state index contributed by atoms with van der Waals surface area (Å²) < 4.78 is 5.54. The van der Waals surface area contributed by atoms with Crippen molar-refractivity contribution in [2.24, 2.45) is 5.73 Å². The van der Waals surface area contributed by atoms with Crippen LogP contribution in [0.3, 0.4) is 0 Å². The molecular weight excluding hydrogens is 292 g/mol. The van der Waals surface area contributed by atoms with Gasteiger partial charge in [-0.3, -0.25) is 10.1 Å². The number of ether oxygens (including phenoxy) is 1. The van der Waals surface area contributed by atoms with E-state index in [0.717, 1.165) is 11.1 Å². The first-order valence-electron chi connectivity index (χ1n) is 6.35. The van der Waals surface area contributed by atoms with E-state index in [1.807, 2.05) is 30.3 Å². The van der Waals surface area contributed by atoms with Crippen molar-refractivity contribution in [3.63, 3.8) is 0 Å². The highest BCUT2D eigenvalue weighted by Gasteiger charge is 2.15. The van der Waals surface area contributed by atoms with Crippen LogP contribution in [0.4, 0.5) is 5.69 Å². The maximum Gasteiger partial charge on any atom is 0.311 e. The van der Waals surface area contributed by atoms with E-state index in [9.17, 15) is 10.1 Å². The van der Waals surface area contributed by atoms with Crippen LogP contribution in [-0.2, 0) is 13.0 Å². The molecule has 0 bridgehead atoms. The van der Waals surface area contributed by atoms with Gasteiger partial charge in [0.1, 0.15) is 6.61 Å². The molecule has 0 amide bonds. The van der Waals surface area contributed by atoms with Crippen molar-refractivity contribution in [3.8, 4) is 5.75 Å². The fourth-order valence-electron chi connectivity index (χ4n) is 1.89. The average molecular weight is 309 g/mol. The van der Waals surface area contributed by atoms with Crippen LogP contribution >= 0.6 is 12.4 Å². The first-order valence-corrected chi connectivity index (χ1v) is 6.35. The maximum absolute atomic E-state index is 11.1. The van der Waals surface area contributed by atoms with Gasteiger partial charge in [-0.2, -0.15) is 0 Å². The molecule has 0 aliphatic heterocycles. The fraction of sp³-hybridized carbons (Fsp3) is 0.200. The summed E-state index contributed by atoms with van der Waals surface area (Å²) >= 11 is 0. The van der Waals surface area contributed by atoms with E-state index in [1.54, 1.807) is 12.1 Å². The molecular formula is C15H17ClN2O3. The van der Waals surface area contributed by atoms with Crippen LogP contribution in [0.5, 0.6) is 5.75 Å². The lowest BCUT2D eigenvalue weighted by molar-refractivity contribution is -0.386. The topological polar surface area (TPSA) is 78.4 Å². The van der Waals surface area contributed by atoms with Crippen molar-refractivity contribution in [1.82, 2.24) is 0 Å². The van der Waals surface area contributed by atoms with Crippen molar-refractivity contribution in [2.75, 3.05) is 6.54 Å². The van der Waals surface area contributed by atoms with Crippen molar-refractivity contribution in [1.29, 1.82) is 0 Å². The molecule has 2 rings (SSSR count). The van der Waals surface area contributed by atoms with E-state index < -0.39 is 4.92 Å². The monoisotopic (exact) mass is 308 g/mol. The number of hydrogen-bond acceptors (Lipinski definition) is 4. The highest BCUT2D eigenvalue weighted by Crippen LogP contribution is 2.28. The Morgan fingerprint density at radius 1 is 1.10 bits per heavy atom. The van der Waals surface area contributed by atoms with Crippen LogP contribution in [0, 0.1) is 10.1 Å². The van der Waals surface area contributed by atoms with E-state index in [1.165, 1.54) is 6.07 Å². The molecule has 0 spiro atoms. The lowest BCUT2D eigenvalue weighted by Crippen LogP contribution is -2.04. The number of nitrogens with two attached hydrogens (primary N) is 1. The zero-order chi connectivity index (χ0) is 14.4. The number of nitro groups is 1. The Morgan fingerprint density at radius 3 is 2.43 bits per heavy atom. The third-order valence-corrected chi connectivity index (χ3v) is 2.89. The van der Waals surface area contributed by atoms with Crippen molar-refractivity contribution in [3.05, 3.63) is 69.8 Å². The number of halogens is 1. The molecule has 0 radical (unpaired) electrons. The SMILES string of the molecule is Cl.NCCc1ccc(OCc2ccccc2)c([N+](=O)[O-])c1. The summed E-state index contributed by atoms with van der Waals surface area (Å²) in [6.07, 6.45) is 0.611. The maximum atomic E-state index is 11.1. The van der Waals surface area contributed by atoms with Gasteiger partial charge in [-0.1, -0.05) is 36.4 Å². The Bertz CT molecular complexity index is 591. The lowest BCUT2D eigenvalue weighted by Gasteiger charge is -2.08. The summed E-state index contributed by atoms with van der Waals surface area (Å²) in [5.74, 6) is 0.277. The van der Waals surface area contributed by atoms with Crippen molar-refractivity contribution >= 4 is 18.1 Å². The molecule has 0 aliphatic rings. The molecule has 2 aromatic rings. The predicted molar refractivity (Wildman–Crippen MR) is 83.9 cm³/mol. The molecule has 6 heteroatoms. The number of nitro benzene ring substituents is 1. The van der Waals surface area contributed by atoms with Gasteiger partial charge in [0, 0.05) is 6.07 Å². The van der Waals surface area contributed by atoms with Gasteiger partial charge >= 0.3 is 5.69 Å². The summed E-state index contributed by atoms with van der Waals surface area (Å²) in [6, 6.07) is 14.5. The third-order valence-electron chi connectivity index (χ3n) is 2.89. The van der Waals surface area contributed by atoms with Gasteiger partial charge < -0.3 is 10.5 Å². The second kappa shape index (κ2) is 8.24. The minimum Gasteiger partial charge on any atom is -0.482 e. The molecule has 0 aliphatic carbocycles. The summed E-state index contributed by atoms with van der Waals surface area (Å²) in [7, 11) is 0. The van der Waals surface area contributed by atoms with Crippen molar-refractivity contribution < 1.29 is 9.66 Å². The Labute approximate surface area is 129 Å². The van der Waals surface area contributed by atoms with E-state index in [-0.39, 0.29) is 23.8 Å². The van der Waals surface area contributed by atoms with Crippen LogP contribution in [-0.4, -0.2) is 11.5 Å². The summed E-state index contributed by atoms with van der Waals surface area (Å²) in [4.78, 5) is 10.7. The number of benzene rings is 2. The lowest BCUT2D eigenvalue weighted by atomic mass is 10.1.